The molecule has 3 nitrogen and oxygen atoms in total. The summed E-state index contributed by atoms with van der Waals surface area (Å²) in [5.74, 6) is 0.188. The zero-order valence-electron chi connectivity index (χ0n) is 12.1. The maximum Gasteiger partial charge on any atom is 0.228 e. The summed E-state index contributed by atoms with van der Waals surface area (Å²) in [7, 11) is 0. The molecule has 1 saturated heterocycles. The Balaban J connectivity index is 2.04. The lowest BCUT2D eigenvalue weighted by molar-refractivity contribution is -0.131. The minimum absolute atomic E-state index is 0.0668. The number of carbonyl (C=O) groups is 1. The highest BCUT2D eigenvalue weighted by Gasteiger charge is 2.39. The predicted octanol–water partition coefficient (Wildman–Crippen LogP) is 2.56. The van der Waals surface area contributed by atoms with Crippen molar-refractivity contribution in [3.8, 4) is 0 Å². The van der Waals surface area contributed by atoms with Gasteiger partial charge in [0, 0.05) is 6.54 Å². The van der Waals surface area contributed by atoms with Crippen molar-refractivity contribution in [1.29, 1.82) is 0 Å². The molecule has 0 bridgehead atoms. The van der Waals surface area contributed by atoms with Gasteiger partial charge in [0.05, 0.1) is 11.5 Å². The second-order valence-corrected chi connectivity index (χ2v) is 5.67. The Labute approximate surface area is 115 Å². The van der Waals surface area contributed by atoms with E-state index in [1.807, 2.05) is 6.92 Å². The maximum absolute atomic E-state index is 12.5. The molecule has 1 unspecified atom stereocenters. The van der Waals surface area contributed by atoms with Gasteiger partial charge < -0.3 is 10.6 Å². The lowest BCUT2D eigenvalue weighted by Gasteiger charge is -2.27. The third-order valence-corrected chi connectivity index (χ3v) is 4.33. The molecule has 0 aromatic heterocycles. The van der Waals surface area contributed by atoms with Gasteiger partial charge in [-0.25, -0.2) is 0 Å². The van der Waals surface area contributed by atoms with Crippen molar-refractivity contribution in [2.24, 2.45) is 5.41 Å². The molecule has 0 saturated carbocycles. The molecule has 104 valence electrons. The number of nitrogens with one attached hydrogen (secondary N) is 2. The summed E-state index contributed by atoms with van der Waals surface area (Å²) in [6, 6.07) is 8.42. The molecule has 1 amide bonds. The molecule has 1 heterocycles. The lowest BCUT2D eigenvalue weighted by atomic mass is 9.83. The molecule has 0 spiro atoms. The minimum atomic E-state index is -0.209. The quantitative estimate of drug-likeness (QED) is 0.873. The van der Waals surface area contributed by atoms with Crippen LogP contribution in [0.3, 0.4) is 0 Å². The summed E-state index contributed by atoms with van der Waals surface area (Å²) >= 11 is 0. The first-order valence-corrected chi connectivity index (χ1v) is 7.16. The normalized spacial score (nSPS) is 24.2. The Kier molecular flexibility index (Phi) is 4.25. The molecule has 0 aliphatic carbocycles. The highest BCUT2D eigenvalue weighted by atomic mass is 16.2. The Morgan fingerprint density at radius 2 is 2.11 bits per heavy atom. The second kappa shape index (κ2) is 5.74. The molecule has 1 fully saturated rings. The molecular weight excluding hydrogens is 236 g/mol. The highest BCUT2D eigenvalue weighted by molar-refractivity contribution is 5.83. The minimum Gasteiger partial charge on any atom is -0.349 e. The second-order valence-electron chi connectivity index (χ2n) is 5.67. The average Bonchev–Trinajstić information content (AvgIpc) is 2.89. The molecule has 1 aliphatic heterocycles. The molecule has 1 aromatic rings. The van der Waals surface area contributed by atoms with Crippen molar-refractivity contribution in [3.05, 3.63) is 35.4 Å². The van der Waals surface area contributed by atoms with E-state index in [4.69, 9.17) is 0 Å². The Bertz CT molecular complexity index is 433. The van der Waals surface area contributed by atoms with Gasteiger partial charge in [-0.05, 0) is 38.8 Å². The van der Waals surface area contributed by atoms with Gasteiger partial charge in [-0.2, -0.15) is 0 Å². The topological polar surface area (TPSA) is 41.1 Å². The zero-order chi connectivity index (χ0) is 13.9. The van der Waals surface area contributed by atoms with E-state index in [-0.39, 0.29) is 17.4 Å². The summed E-state index contributed by atoms with van der Waals surface area (Å²) in [5.41, 5.74) is 2.20. The maximum atomic E-state index is 12.5. The van der Waals surface area contributed by atoms with E-state index in [0.29, 0.717) is 0 Å². The number of aryl methyl sites for hydroxylation is 1. The molecule has 19 heavy (non-hydrogen) atoms. The van der Waals surface area contributed by atoms with Crippen LogP contribution >= 0.6 is 0 Å². The largest absolute Gasteiger partial charge is 0.349 e. The summed E-state index contributed by atoms with van der Waals surface area (Å²) in [6.45, 7) is 7.97. The standard InChI is InChI=1S/C16H24N2O/c1-4-16(9-10-17-11-16)15(19)18-13(3)14-7-5-12(2)6-8-14/h5-8,13,17H,4,9-11H2,1-3H3,(H,18,19)/t13-,16?/m1/s1. The summed E-state index contributed by atoms with van der Waals surface area (Å²) in [6.07, 6.45) is 1.84. The van der Waals surface area contributed by atoms with Gasteiger partial charge in [-0.3, -0.25) is 4.79 Å². The van der Waals surface area contributed by atoms with Crippen LogP contribution in [0, 0.1) is 12.3 Å². The van der Waals surface area contributed by atoms with Gasteiger partial charge in [-0.15, -0.1) is 0 Å². The van der Waals surface area contributed by atoms with Crippen LogP contribution in [0.25, 0.3) is 0 Å². The molecule has 1 aliphatic rings. The van der Waals surface area contributed by atoms with Gasteiger partial charge in [0.25, 0.3) is 0 Å². The number of amides is 1. The Hall–Kier alpha value is -1.35. The first-order valence-electron chi connectivity index (χ1n) is 7.16. The van der Waals surface area contributed by atoms with Crippen molar-refractivity contribution >= 4 is 5.91 Å². The molecule has 3 heteroatoms. The van der Waals surface area contributed by atoms with E-state index in [1.165, 1.54) is 5.56 Å². The zero-order valence-corrected chi connectivity index (χ0v) is 12.1. The fraction of sp³-hybridized carbons (Fsp3) is 0.562. The van der Waals surface area contributed by atoms with E-state index >= 15 is 0 Å². The van der Waals surface area contributed by atoms with Crippen LogP contribution < -0.4 is 10.6 Å². The van der Waals surface area contributed by atoms with E-state index in [9.17, 15) is 4.79 Å². The number of carbonyl (C=O) groups excluding carboxylic acids is 1. The van der Waals surface area contributed by atoms with Crippen LogP contribution in [-0.4, -0.2) is 19.0 Å². The molecule has 2 N–H and O–H groups in total. The molecule has 0 radical (unpaired) electrons. The van der Waals surface area contributed by atoms with Crippen LogP contribution in [0.4, 0.5) is 0 Å². The van der Waals surface area contributed by atoms with Gasteiger partial charge in [0.15, 0.2) is 0 Å². The van der Waals surface area contributed by atoms with Gasteiger partial charge in [-0.1, -0.05) is 36.8 Å². The molecule has 2 rings (SSSR count). The van der Waals surface area contributed by atoms with Crippen molar-refractivity contribution in [2.45, 2.75) is 39.7 Å². The SMILES string of the molecule is CCC1(C(=O)N[C@H](C)c2ccc(C)cc2)CCNC1. The van der Waals surface area contributed by atoms with Crippen molar-refractivity contribution in [1.82, 2.24) is 10.6 Å². The molecule has 1 aromatic carbocycles. The monoisotopic (exact) mass is 260 g/mol. The first kappa shape index (κ1) is 14.1. The summed E-state index contributed by atoms with van der Waals surface area (Å²) in [4.78, 5) is 12.5. The van der Waals surface area contributed by atoms with Crippen molar-refractivity contribution < 1.29 is 4.79 Å². The van der Waals surface area contributed by atoms with Crippen molar-refractivity contribution in [2.75, 3.05) is 13.1 Å². The van der Waals surface area contributed by atoms with Gasteiger partial charge >= 0.3 is 0 Å². The first-order chi connectivity index (χ1) is 9.07. The summed E-state index contributed by atoms with van der Waals surface area (Å²) < 4.78 is 0. The summed E-state index contributed by atoms with van der Waals surface area (Å²) in [5, 5.41) is 6.48. The highest BCUT2D eigenvalue weighted by Crippen LogP contribution is 2.30. The molecule has 2 atom stereocenters. The fourth-order valence-electron chi connectivity index (χ4n) is 2.69. The average molecular weight is 260 g/mol. The van der Waals surface area contributed by atoms with E-state index < -0.39 is 0 Å². The third-order valence-electron chi connectivity index (χ3n) is 4.33. The Morgan fingerprint density at radius 3 is 2.63 bits per heavy atom. The number of benzene rings is 1. The number of hydrogen-bond acceptors (Lipinski definition) is 2. The fourth-order valence-corrected chi connectivity index (χ4v) is 2.69. The van der Waals surface area contributed by atoms with Crippen LogP contribution in [0.15, 0.2) is 24.3 Å². The van der Waals surface area contributed by atoms with Gasteiger partial charge in [0.1, 0.15) is 0 Å². The van der Waals surface area contributed by atoms with Crippen molar-refractivity contribution in [3.63, 3.8) is 0 Å². The third kappa shape index (κ3) is 2.98. The van der Waals surface area contributed by atoms with E-state index in [0.717, 1.165) is 31.5 Å². The Morgan fingerprint density at radius 1 is 1.42 bits per heavy atom. The molecular formula is C16H24N2O. The van der Waals surface area contributed by atoms with Gasteiger partial charge in [0.2, 0.25) is 5.91 Å². The van der Waals surface area contributed by atoms with Crippen LogP contribution in [0.5, 0.6) is 0 Å². The van der Waals surface area contributed by atoms with Crippen LogP contribution in [0.2, 0.25) is 0 Å². The predicted molar refractivity (Wildman–Crippen MR) is 77.9 cm³/mol. The van der Waals surface area contributed by atoms with Crippen LogP contribution in [-0.2, 0) is 4.79 Å². The van der Waals surface area contributed by atoms with Crippen LogP contribution in [0.1, 0.15) is 43.9 Å². The lowest BCUT2D eigenvalue weighted by Crippen LogP contribution is -2.43. The van der Waals surface area contributed by atoms with E-state index in [2.05, 4.69) is 48.7 Å². The smallest absolute Gasteiger partial charge is 0.228 e. The number of rotatable bonds is 4. The number of hydrogen-bond donors (Lipinski definition) is 2. The van der Waals surface area contributed by atoms with E-state index in [1.54, 1.807) is 0 Å².